The summed E-state index contributed by atoms with van der Waals surface area (Å²) in [6.07, 6.45) is 2.21. The topological polar surface area (TPSA) is 47.0 Å². The molecular formula is C22H19N3O2. The molecule has 0 radical (unpaired) electrons. The van der Waals surface area contributed by atoms with Gasteiger partial charge in [0.15, 0.2) is 11.5 Å². The lowest BCUT2D eigenvalue weighted by Gasteiger charge is -2.38. The Bertz CT molecular complexity index is 989. The van der Waals surface area contributed by atoms with E-state index in [9.17, 15) is 0 Å². The molecule has 0 bridgehead atoms. The van der Waals surface area contributed by atoms with Crippen LogP contribution in [0.15, 0.2) is 78.0 Å². The molecule has 2 aliphatic rings. The molecular weight excluding hydrogens is 338 g/mol. The molecule has 3 heterocycles. The summed E-state index contributed by atoms with van der Waals surface area (Å²) in [5, 5.41) is 6.97. The van der Waals surface area contributed by atoms with Crippen LogP contribution in [0.1, 0.15) is 35.5 Å². The summed E-state index contributed by atoms with van der Waals surface area (Å²) in [6, 6.07) is 22.2. The van der Waals surface area contributed by atoms with Gasteiger partial charge in [0.1, 0.15) is 5.69 Å². The molecule has 2 aliphatic heterocycles. The Labute approximate surface area is 157 Å². The summed E-state index contributed by atoms with van der Waals surface area (Å²) >= 11 is 0. The van der Waals surface area contributed by atoms with Gasteiger partial charge in [-0.05, 0) is 23.8 Å². The van der Waals surface area contributed by atoms with E-state index in [1.54, 1.807) is 13.3 Å². The van der Waals surface area contributed by atoms with Crippen LogP contribution in [-0.4, -0.2) is 22.8 Å². The van der Waals surface area contributed by atoms with Crippen LogP contribution < -0.4 is 9.47 Å². The number of hydrogen-bond donors (Lipinski definition) is 0. The third kappa shape index (κ3) is 2.63. The molecule has 0 saturated heterocycles. The van der Waals surface area contributed by atoms with Crippen LogP contribution >= 0.6 is 0 Å². The van der Waals surface area contributed by atoms with Gasteiger partial charge in [-0.25, -0.2) is 5.01 Å². The van der Waals surface area contributed by atoms with Crippen LogP contribution in [0.5, 0.6) is 11.5 Å². The second-order valence-corrected chi connectivity index (χ2v) is 6.62. The van der Waals surface area contributed by atoms with Gasteiger partial charge in [-0.3, -0.25) is 4.98 Å². The molecule has 0 spiro atoms. The van der Waals surface area contributed by atoms with Crippen LogP contribution in [0.4, 0.5) is 0 Å². The Morgan fingerprint density at radius 1 is 1.00 bits per heavy atom. The Balaban J connectivity index is 1.63. The van der Waals surface area contributed by atoms with Crippen molar-refractivity contribution in [1.82, 2.24) is 9.99 Å². The predicted molar refractivity (Wildman–Crippen MR) is 103 cm³/mol. The van der Waals surface area contributed by atoms with Crippen molar-refractivity contribution >= 4 is 5.71 Å². The van der Waals surface area contributed by atoms with Crippen LogP contribution in [-0.2, 0) is 0 Å². The fraction of sp³-hybridized carbons (Fsp3) is 0.182. The predicted octanol–water partition coefficient (Wildman–Crippen LogP) is 4.33. The smallest absolute Gasteiger partial charge is 0.230 e. The number of benzene rings is 2. The van der Waals surface area contributed by atoms with Crippen LogP contribution in [0.3, 0.4) is 0 Å². The molecule has 0 N–H and O–H groups in total. The molecule has 3 aromatic rings. The zero-order valence-electron chi connectivity index (χ0n) is 14.9. The van der Waals surface area contributed by atoms with Gasteiger partial charge in [-0.15, -0.1) is 0 Å². The number of methoxy groups -OCH3 is 1. The molecule has 0 amide bonds. The highest BCUT2D eigenvalue weighted by molar-refractivity contribution is 6.01. The van der Waals surface area contributed by atoms with Crippen molar-refractivity contribution in [1.29, 1.82) is 0 Å². The fourth-order valence-electron chi connectivity index (χ4n) is 3.77. The normalized spacial score (nSPS) is 20.3. The number of nitrogens with zero attached hydrogens (tertiary/aromatic N) is 3. The third-order valence-electron chi connectivity index (χ3n) is 5.05. The van der Waals surface area contributed by atoms with Gasteiger partial charge in [-0.1, -0.05) is 48.5 Å². The van der Waals surface area contributed by atoms with Crippen molar-refractivity contribution in [2.45, 2.75) is 18.7 Å². The highest BCUT2D eigenvalue weighted by Gasteiger charge is 2.42. The zero-order chi connectivity index (χ0) is 18.2. The fourth-order valence-corrected chi connectivity index (χ4v) is 3.77. The van der Waals surface area contributed by atoms with Crippen molar-refractivity contribution < 1.29 is 9.47 Å². The minimum Gasteiger partial charge on any atom is -0.493 e. The Morgan fingerprint density at radius 2 is 1.85 bits per heavy atom. The molecule has 2 aromatic carbocycles. The van der Waals surface area contributed by atoms with Gasteiger partial charge in [0.25, 0.3) is 0 Å². The minimum absolute atomic E-state index is 0.0889. The molecule has 0 fully saturated rings. The number of para-hydroxylation sites is 1. The number of fused-ring (bicyclic) bond motifs is 3. The monoisotopic (exact) mass is 357 g/mol. The lowest BCUT2D eigenvalue weighted by molar-refractivity contribution is -0.0236. The maximum Gasteiger partial charge on any atom is 0.230 e. The van der Waals surface area contributed by atoms with Crippen LogP contribution in [0, 0.1) is 0 Å². The van der Waals surface area contributed by atoms with E-state index in [1.165, 1.54) is 0 Å². The standard InChI is InChI=1S/C22H19N3O2/c1-26-20-12-7-10-16-19-14-18(15-8-3-2-4-9-15)24-25(19)22(27-21(16)20)17-11-5-6-13-23-17/h2-13,19,22H,14H2,1H3/t19-,22+/m0/s1. The minimum atomic E-state index is -0.388. The highest BCUT2D eigenvalue weighted by Crippen LogP contribution is 2.50. The van der Waals surface area contributed by atoms with Crippen LogP contribution in [0.25, 0.3) is 0 Å². The van der Waals surface area contributed by atoms with Gasteiger partial charge in [0.2, 0.25) is 6.23 Å². The number of hydrazone groups is 1. The molecule has 0 aliphatic carbocycles. The van der Waals surface area contributed by atoms with E-state index in [0.717, 1.165) is 40.5 Å². The molecule has 27 heavy (non-hydrogen) atoms. The Morgan fingerprint density at radius 3 is 2.63 bits per heavy atom. The Hall–Kier alpha value is -3.34. The van der Waals surface area contributed by atoms with Gasteiger partial charge in [-0.2, -0.15) is 5.10 Å². The average Bonchev–Trinajstić information content (AvgIpc) is 3.20. The van der Waals surface area contributed by atoms with E-state index >= 15 is 0 Å². The largest absolute Gasteiger partial charge is 0.493 e. The summed E-state index contributed by atoms with van der Waals surface area (Å²) in [6.45, 7) is 0. The molecule has 134 valence electrons. The summed E-state index contributed by atoms with van der Waals surface area (Å²) in [5.41, 5.74) is 4.12. The maximum atomic E-state index is 6.37. The number of ether oxygens (including phenoxy) is 2. The van der Waals surface area contributed by atoms with Crippen LogP contribution in [0.2, 0.25) is 0 Å². The number of rotatable bonds is 3. The van der Waals surface area contributed by atoms with Crippen molar-refractivity contribution in [3.63, 3.8) is 0 Å². The first-order valence-corrected chi connectivity index (χ1v) is 9.01. The SMILES string of the molecule is COc1cccc2c1O[C@H](c1ccccn1)N1N=C(c3ccccc3)C[C@@H]21. The lowest BCUT2D eigenvalue weighted by atomic mass is 9.96. The molecule has 5 rings (SSSR count). The van der Waals surface area contributed by atoms with E-state index in [2.05, 4.69) is 23.2 Å². The number of hydrogen-bond acceptors (Lipinski definition) is 5. The van der Waals surface area contributed by atoms with Crippen molar-refractivity contribution in [3.05, 3.63) is 89.7 Å². The second-order valence-electron chi connectivity index (χ2n) is 6.62. The van der Waals surface area contributed by atoms with Gasteiger partial charge in [0, 0.05) is 18.2 Å². The van der Waals surface area contributed by atoms with Crippen molar-refractivity contribution in [3.8, 4) is 11.5 Å². The third-order valence-corrected chi connectivity index (χ3v) is 5.05. The van der Waals surface area contributed by atoms with Crippen molar-refractivity contribution in [2.24, 2.45) is 5.10 Å². The quantitative estimate of drug-likeness (QED) is 0.700. The van der Waals surface area contributed by atoms with E-state index in [0.29, 0.717) is 0 Å². The van der Waals surface area contributed by atoms with Crippen molar-refractivity contribution in [2.75, 3.05) is 7.11 Å². The molecule has 2 atom stereocenters. The highest BCUT2D eigenvalue weighted by atomic mass is 16.5. The summed E-state index contributed by atoms with van der Waals surface area (Å²) in [4.78, 5) is 4.51. The molecule has 5 nitrogen and oxygen atoms in total. The summed E-state index contributed by atoms with van der Waals surface area (Å²) < 4.78 is 11.9. The molecule has 0 saturated carbocycles. The first-order valence-electron chi connectivity index (χ1n) is 9.01. The van der Waals surface area contributed by atoms with E-state index in [1.807, 2.05) is 53.5 Å². The lowest BCUT2D eigenvalue weighted by Crippen LogP contribution is -2.34. The van der Waals surface area contributed by atoms with Gasteiger partial charge < -0.3 is 9.47 Å². The van der Waals surface area contributed by atoms with Gasteiger partial charge in [0.05, 0.1) is 18.9 Å². The first kappa shape index (κ1) is 15.9. The van der Waals surface area contributed by atoms with E-state index in [4.69, 9.17) is 14.6 Å². The maximum absolute atomic E-state index is 6.37. The summed E-state index contributed by atoms with van der Waals surface area (Å²) in [7, 11) is 1.67. The zero-order valence-corrected chi connectivity index (χ0v) is 14.9. The Kier molecular flexibility index (Phi) is 3.78. The number of aromatic nitrogens is 1. The molecule has 1 aromatic heterocycles. The first-order chi connectivity index (χ1) is 13.3. The summed E-state index contributed by atoms with van der Waals surface area (Å²) in [5.74, 6) is 1.52. The van der Waals surface area contributed by atoms with E-state index in [-0.39, 0.29) is 12.3 Å². The van der Waals surface area contributed by atoms with Gasteiger partial charge >= 0.3 is 0 Å². The molecule has 0 unspecified atom stereocenters. The number of pyridine rings is 1. The average molecular weight is 357 g/mol. The second kappa shape index (κ2) is 6.43. The molecule has 5 heteroatoms. The van der Waals surface area contributed by atoms with E-state index < -0.39 is 0 Å².